The quantitative estimate of drug-likeness (QED) is 0.573. The van der Waals surface area contributed by atoms with Crippen LogP contribution in [0.3, 0.4) is 0 Å². The van der Waals surface area contributed by atoms with E-state index >= 15 is 0 Å². The molecule has 1 amide bonds. The van der Waals surface area contributed by atoms with E-state index in [9.17, 15) is 4.79 Å². The van der Waals surface area contributed by atoms with Gasteiger partial charge in [0.2, 0.25) is 5.91 Å². The molecule has 0 unspecified atom stereocenters. The second-order valence-electron chi connectivity index (χ2n) is 8.56. The number of carbonyl (C=O) groups excluding carboxylic acids is 1. The average molecular weight is 437 g/mol. The predicted octanol–water partition coefficient (Wildman–Crippen LogP) is 3.11. The van der Waals surface area contributed by atoms with Crippen molar-refractivity contribution in [1.29, 1.82) is 0 Å². The molecule has 2 aromatic heterocycles. The Morgan fingerprint density at radius 1 is 1.12 bits per heavy atom. The molecule has 0 radical (unpaired) electrons. The molecule has 1 saturated heterocycles. The van der Waals surface area contributed by atoms with E-state index in [0.29, 0.717) is 13.2 Å². The van der Waals surface area contributed by atoms with Gasteiger partial charge in [-0.15, -0.1) is 5.10 Å². The lowest BCUT2D eigenvalue weighted by Crippen LogP contribution is -2.41. The van der Waals surface area contributed by atoms with E-state index < -0.39 is 0 Å². The van der Waals surface area contributed by atoms with E-state index in [0.717, 1.165) is 66.1 Å². The van der Waals surface area contributed by atoms with Crippen LogP contribution in [-0.2, 0) is 9.53 Å². The Bertz CT molecular complexity index is 1080. The van der Waals surface area contributed by atoms with Crippen molar-refractivity contribution in [3.8, 4) is 5.69 Å². The number of hydrogen-bond acceptors (Lipinski definition) is 6. The summed E-state index contributed by atoms with van der Waals surface area (Å²) in [4.78, 5) is 14.7. The van der Waals surface area contributed by atoms with E-state index in [-0.39, 0.29) is 11.8 Å². The number of aromatic nitrogens is 4. The summed E-state index contributed by atoms with van der Waals surface area (Å²) >= 11 is 0. The van der Waals surface area contributed by atoms with Gasteiger partial charge in [0.15, 0.2) is 5.82 Å². The number of nitrogens with zero attached hydrogens (tertiary/aromatic N) is 5. The molecule has 4 rings (SSSR count). The zero-order valence-corrected chi connectivity index (χ0v) is 19.4. The highest BCUT2D eigenvalue weighted by molar-refractivity contribution is 5.92. The van der Waals surface area contributed by atoms with Crippen molar-refractivity contribution >= 4 is 22.6 Å². The lowest BCUT2D eigenvalue weighted by molar-refractivity contribution is -0.125. The summed E-state index contributed by atoms with van der Waals surface area (Å²) in [5.74, 6) is 0.980. The highest BCUT2D eigenvalue weighted by Crippen LogP contribution is 2.31. The van der Waals surface area contributed by atoms with Crippen LogP contribution in [0.5, 0.6) is 0 Å². The maximum absolute atomic E-state index is 12.5. The monoisotopic (exact) mass is 436 g/mol. The van der Waals surface area contributed by atoms with Crippen molar-refractivity contribution in [3.63, 3.8) is 0 Å². The first-order valence-corrected chi connectivity index (χ1v) is 11.3. The number of nitrogens with one attached hydrogen (secondary N) is 1. The largest absolute Gasteiger partial charge is 0.385 e. The molecule has 0 atom stereocenters. The number of rotatable bonds is 7. The van der Waals surface area contributed by atoms with Gasteiger partial charge in [0.1, 0.15) is 5.52 Å². The minimum atomic E-state index is 0.0366. The van der Waals surface area contributed by atoms with Crippen molar-refractivity contribution < 1.29 is 9.53 Å². The predicted molar refractivity (Wildman–Crippen MR) is 125 cm³/mol. The normalized spacial score (nSPS) is 14.8. The van der Waals surface area contributed by atoms with E-state index in [4.69, 9.17) is 9.84 Å². The summed E-state index contributed by atoms with van der Waals surface area (Å²) in [6, 6.07) is 8.36. The minimum absolute atomic E-state index is 0.0366. The zero-order valence-electron chi connectivity index (χ0n) is 19.4. The molecule has 1 aromatic carbocycles. The maximum atomic E-state index is 12.5. The number of ether oxygens (including phenoxy) is 1. The van der Waals surface area contributed by atoms with Crippen LogP contribution in [0.15, 0.2) is 24.3 Å². The number of fused-ring (bicyclic) bond motifs is 1. The second kappa shape index (κ2) is 9.65. The van der Waals surface area contributed by atoms with Gasteiger partial charge in [0, 0.05) is 39.3 Å². The van der Waals surface area contributed by atoms with Crippen molar-refractivity contribution in [2.24, 2.45) is 5.92 Å². The Labute approximate surface area is 189 Å². The molecule has 0 bridgehead atoms. The fraction of sp³-hybridized carbons (Fsp3) is 0.500. The molecular weight excluding hydrogens is 404 g/mol. The van der Waals surface area contributed by atoms with Crippen LogP contribution < -0.4 is 10.2 Å². The molecule has 1 aliphatic rings. The first kappa shape index (κ1) is 22.2. The topological polar surface area (TPSA) is 85.2 Å². The average Bonchev–Trinajstić information content (AvgIpc) is 3.15. The number of benzene rings is 1. The van der Waals surface area contributed by atoms with Crippen LogP contribution in [0.1, 0.15) is 36.2 Å². The molecule has 0 aliphatic carbocycles. The van der Waals surface area contributed by atoms with Crippen LogP contribution in [0.25, 0.3) is 16.6 Å². The third-order valence-corrected chi connectivity index (χ3v) is 6.25. The smallest absolute Gasteiger partial charge is 0.223 e. The molecule has 170 valence electrons. The van der Waals surface area contributed by atoms with Crippen LogP contribution in [-0.4, -0.2) is 59.2 Å². The van der Waals surface area contributed by atoms with Gasteiger partial charge in [-0.05, 0) is 52.2 Å². The third-order valence-electron chi connectivity index (χ3n) is 6.25. The Morgan fingerprint density at radius 2 is 1.84 bits per heavy atom. The van der Waals surface area contributed by atoms with Crippen LogP contribution in [0.2, 0.25) is 0 Å². The summed E-state index contributed by atoms with van der Waals surface area (Å²) < 4.78 is 7.02. The van der Waals surface area contributed by atoms with Gasteiger partial charge in [-0.25, -0.2) is 4.68 Å². The summed E-state index contributed by atoms with van der Waals surface area (Å²) in [6.45, 7) is 8.98. The van der Waals surface area contributed by atoms with Gasteiger partial charge in [0.25, 0.3) is 0 Å². The number of amides is 1. The number of methoxy groups -OCH3 is 1. The van der Waals surface area contributed by atoms with Crippen molar-refractivity contribution in [2.45, 2.75) is 40.0 Å². The Kier molecular flexibility index (Phi) is 6.69. The molecule has 3 aromatic rings. The van der Waals surface area contributed by atoms with E-state index in [1.54, 1.807) is 7.11 Å². The standard InChI is InChI=1S/C24H32N6O2/c1-16-6-8-20(9-7-16)30-18(3)21-17(2)26-27-23(22(21)28-30)29-13-10-19(11-14-29)24(31)25-12-5-15-32-4/h6-9,19H,5,10-15H2,1-4H3,(H,25,31). The minimum Gasteiger partial charge on any atom is -0.385 e. The molecular formula is C24H32N6O2. The number of aryl methyl sites for hydroxylation is 3. The van der Waals surface area contributed by atoms with E-state index in [2.05, 4.69) is 58.5 Å². The fourth-order valence-corrected chi connectivity index (χ4v) is 4.39. The molecule has 8 heteroatoms. The summed E-state index contributed by atoms with van der Waals surface area (Å²) in [5.41, 5.74) is 5.05. The molecule has 0 spiro atoms. The number of hydrogen-bond donors (Lipinski definition) is 1. The Hall–Kier alpha value is -3.00. The summed E-state index contributed by atoms with van der Waals surface area (Å²) in [5, 5.41) is 18.0. The summed E-state index contributed by atoms with van der Waals surface area (Å²) in [6.07, 6.45) is 2.43. The van der Waals surface area contributed by atoms with Gasteiger partial charge in [-0.3, -0.25) is 4.79 Å². The first-order chi connectivity index (χ1) is 15.5. The molecule has 1 N–H and O–H groups in total. The zero-order chi connectivity index (χ0) is 22.7. The highest BCUT2D eigenvalue weighted by Gasteiger charge is 2.28. The number of carbonyl (C=O) groups is 1. The van der Waals surface area contributed by atoms with Gasteiger partial charge in [-0.2, -0.15) is 10.2 Å². The number of anilines is 1. The van der Waals surface area contributed by atoms with E-state index in [1.165, 1.54) is 5.56 Å². The molecule has 3 heterocycles. The van der Waals surface area contributed by atoms with Gasteiger partial charge >= 0.3 is 0 Å². The van der Waals surface area contributed by atoms with Gasteiger partial charge in [-0.1, -0.05) is 17.7 Å². The number of piperidine rings is 1. The van der Waals surface area contributed by atoms with E-state index in [1.807, 2.05) is 11.6 Å². The third kappa shape index (κ3) is 4.46. The molecule has 0 saturated carbocycles. The fourth-order valence-electron chi connectivity index (χ4n) is 4.39. The lowest BCUT2D eigenvalue weighted by atomic mass is 9.95. The SMILES string of the molecule is COCCCNC(=O)C1CCN(c2nnc(C)c3c(C)n(-c4ccc(C)cc4)nc23)CC1. The first-order valence-electron chi connectivity index (χ1n) is 11.3. The van der Waals surface area contributed by atoms with Crippen molar-refractivity contribution in [2.75, 3.05) is 38.3 Å². The van der Waals surface area contributed by atoms with Gasteiger partial charge in [0.05, 0.1) is 22.5 Å². The van der Waals surface area contributed by atoms with Crippen LogP contribution in [0.4, 0.5) is 5.82 Å². The lowest BCUT2D eigenvalue weighted by Gasteiger charge is -2.32. The maximum Gasteiger partial charge on any atom is 0.223 e. The second-order valence-corrected chi connectivity index (χ2v) is 8.56. The summed E-state index contributed by atoms with van der Waals surface area (Å²) in [7, 11) is 1.67. The Balaban J connectivity index is 1.53. The van der Waals surface area contributed by atoms with Gasteiger partial charge < -0.3 is 15.0 Å². The molecule has 1 fully saturated rings. The van der Waals surface area contributed by atoms with Crippen LogP contribution in [0, 0.1) is 26.7 Å². The highest BCUT2D eigenvalue weighted by atomic mass is 16.5. The van der Waals surface area contributed by atoms with Crippen molar-refractivity contribution in [3.05, 3.63) is 41.2 Å². The molecule has 8 nitrogen and oxygen atoms in total. The Morgan fingerprint density at radius 3 is 2.53 bits per heavy atom. The molecule has 1 aliphatic heterocycles. The van der Waals surface area contributed by atoms with Crippen molar-refractivity contribution in [1.82, 2.24) is 25.3 Å². The van der Waals surface area contributed by atoms with Crippen LogP contribution >= 0.6 is 0 Å². The molecule has 32 heavy (non-hydrogen) atoms.